The molecule has 0 amide bonds. The van der Waals surface area contributed by atoms with Crippen LogP contribution in [0.4, 0.5) is 0 Å². The molecule has 3 fully saturated rings. The third-order valence-electron chi connectivity index (χ3n) is 5.60. The Kier molecular flexibility index (Phi) is 4.27. The van der Waals surface area contributed by atoms with Gasteiger partial charge in [0.2, 0.25) is 0 Å². The number of aromatic nitrogens is 1. The smallest absolute Gasteiger partial charge is 0.128 e. The van der Waals surface area contributed by atoms with Gasteiger partial charge in [-0.2, -0.15) is 0 Å². The summed E-state index contributed by atoms with van der Waals surface area (Å²) in [5.41, 5.74) is 1.07. The fourth-order valence-corrected chi connectivity index (χ4v) is 4.23. The van der Waals surface area contributed by atoms with E-state index in [-0.39, 0.29) is 0 Å². The minimum Gasteiger partial charge on any atom is -0.490 e. The minimum absolute atomic E-state index is 0.373. The molecule has 2 N–H and O–H groups in total. The number of hydrogen-bond donors (Lipinski definition) is 2. The molecule has 0 spiro atoms. The number of H-pyrrole nitrogens is 1. The number of aliphatic hydroxyl groups excluding tert-OH is 1. The zero-order valence-corrected chi connectivity index (χ0v) is 13.6. The molecule has 2 aromatic rings. The van der Waals surface area contributed by atoms with E-state index in [1.807, 2.05) is 30.5 Å². The first kappa shape index (κ1) is 15.0. The van der Waals surface area contributed by atoms with Crippen molar-refractivity contribution in [2.75, 3.05) is 19.7 Å². The van der Waals surface area contributed by atoms with Gasteiger partial charge in [0, 0.05) is 23.1 Å². The molecule has 0 radical (unpaired) electrons. The third kappa shape index (κ3) is 3.24. The number of nitrogens with zero attached hydrogens (tertiary/aromatic N) is 1. The van der Waals surface area contributed by atoms with Crippen molar-refractivity contribution in [3.63, 3.8) is 0 Å². The zero-order chi connectivity index (χ0) is 15.6. The molecule has 1 aromatic heterocycles. The number of aliphatic hydroxyl groups is 1. The molecule has 23 heavy (non-hydrogen) atoms. The van der Waals surface area contributed by atoms with E-state index >= 15 is 0 Å². The highest BCUT2D eigenvalue weighted by atomic mass is 16.5. The van der Waals surface area contributed by atoms with Crippen molar-refractivity contribution in [3.05, 3.63) is 30.5 Å². The van der Waals surface area contributed by atoms with Crippen molar-refractivity contribution in [2.24, 2.45) is 5.92 Å². The van der Waals surface area contributed by atoms with E-state index < -0.39 is 6.10 Å². The minimum atomic E-state index is -0.397. The van der Waals surface area contributed by atoms with E-state index in [1.54, 1.807) is 0 Å². The molecule has 1 aromatic carbocycles. The summed E-state index contributed by atoms with van der Waals surface area (Å²) in [5, 5.41) is 11.5. The van der Waals surface area contributed by atoms with Gasteiger partial charge >= 0.3 is 0 Å². The van der Waals surface area contributed by atoms with Crippen LogP contribution >= 0.6 is 0 Å². The van der Waals surface area contributed by atoms with E-state index in [4.69, 9.17) is 4.74 Å². The van der Waals surface area contributed by atoms with Crippen LogP contribution in [0.2, 0.25) is 0 Å². The monoisotopic (exact) mass is 314 g/mol. The number of rotatable bonds is 5. The molecule has 2 bridgehead atoms. The van der Waals surface area contributed by atoms with Gasteiger partial charge in [-0.15, -0.1) is 0 Å². The largest absolute Gasteiger partial charge is 0.490 e. The highest BCUT2D eigenvalue weighted by Gasteiger charge is 2.31. The van der Waals surface area contributed by atoms with Crippen LogP contribution in [0.1, 0.15) is 32.1 Å². The van der Waals surface area contributed by atoms with Crippen molar-refractivity contribution >= 4 is 10.9 Å². The molecule has 0 aliphatic carbocycles. The van der Waals surface area contributed by atoms with Gasteiger partial charge in [-0.3, -0.25) is 0 Å². The molecule has 5 rings (SSSR count). The maximum Gasteiger partial charge on any atom is 0.128 e. The van der Waals surface area contributed by atoms with Gasteiger partial charge < -0.3 is 19.7 Å². The highest BCUT2D eigenvalue weighted by Crippen LogP contribution is 2.32. The Morgan fingerprint density at radius 1 is 1.17 bits per heavy atom. The first-order chi connectivity index (χ1) is 11.3. The van der Waals surface area contributed by atoms with Gasteiger partial charge in [-0.05, 0) is 69.3 Å². The molecular formula is C19H26N2O2. The summed E-state index contributed by atoms with van der Waals surface area (Å²) in [6.45, 7) is 2.80. The first-order valence-electron chi connectivity index (χ1n) is 8.90. The normalized spacial score (nSPS) is 28.7. The topological polar surface area (TPSA) is 48.5 Å². The summed E-state index contributed by atoms with van der Waals surface area (Å²) < 4.78 is 5.90. The summed E-state index contributed by atoms with van der Waals surface area (Å²) in [4.78, 5) is 5.77. The lowest BCUT2D eigenvalue weighted by molar-refractivity contribution is 0.0620. The van der Waals surface area contributed by atoms with Crippen LogP contribution in [-0.2, 0) is 0 Å². The molecule has 4 heteroatoms. The molecule has 4 nitrogen and oxygen atoms in total. The average Bonchev–Trinajstić information content (AvgIpc) is 2.90. The van der Waals surface area contributed by atoms with Gasteiger partial charge in [-0.25, -0.2) is 0 Å². The Morgan fingerprint density at radius 2 is 2.04 bits per heavy atom. The van der Waals surface area contributed by atoms with E-state index in [0.717, 1.165) is 29.0 Å². The highest BCUT2D eigenvalue weighted by molar-refractivity contribution is 5.85. The molecule has 1 unspecified atom stereocenters. The predicted molar refractivity (Wildman–Crippen MR) is 91.7 cm³/mol. The van der Waals surface area contributed by atoms with Crippen LogP contribution in [0.25, 0.3) is 10.9 Å². The lowest BCUT2D eigenvalue weighted by atomic mass is 9.95. The van der Waals surface area contributed by atoms with Gasteiger partial charge in [0.05, 0.1) is 6.10 Å². The molecule has 0 saturated carbocycles. The summed E-state index contributed by atoms with van der Waals surface area (Å²) in [6.07, 6.45) is 7.61. The number of hydrogen-bond acceptors (Lipinski definition) is 3. The standard InChI is InChI=1S/C19H26N2O2/c22-16(12-15-5-4-14-7-10-21(15)11-8-14)13-23-19-3-1-2-18-17(19)6-9-20-18/h1-3,6,9,14-16,20,22H,4-5,7-8,10-13H2/t15?,16-/m0/s1. The summed E-state index contributed by atoms with van der Waals surface area (Å²) in [7, 11) is 0. The zero-order valence-electron chi connectivity index (χ0n) is 13.6. The molecule has 3 saturated heterocycles. The Hall–Kier alpha value is -1.52. The van der Waals surface area contributed by atoms with Crippen LogP contribution in [0.5, 0.6) is 5.75 Å². The Bertz CT molecular complexity index is 646. The second-order valence-corrected chi connectivity index (χ2v) is 7.11. The van der Waals surface area contributed by atoms with Gasteiger partial charge in [0.25, 0.3) is 0 Å². The van der Waals surface area contributed by atoms with Gasteiger partial charge in [0.1, 0.15) is 12.4 Å². The second-order valence-electron chi connectivity index (χ2n) is 7.11. The third-order valence-corrected chi connectivity index (χ3v) is 5.60. The number of aromatic amines is 1. The van der Waals surface area contributed by atoms with E-state index in [9.17, 15) is 5.11 Å². The Labute approximate surface area is 137 Å². The Balaban J connectivity index is 1.35. The second kappa shape index (κ2) is 6.54. The number of nitrogens with one attached hydrogen (secondary N) is 1. The van der Waals surface area contributed by atoms with Crippen LogP contribution in [-0.4, -0.2) is 46.8 Å². The van der Waals surface area contributed by atoms with Crippen LogP contribution in [0, 0.1) is 5.92 Å². The van der Waals surface area contributed by atoms with Crippen molar-refractivity contribution in [2.45, 2.75) is 44.2 Å². The molecular weight excluding hydrogens is 288 g/mol. The number of ether oxygens (including phenoxy) is 1. The molecule has 2 atom stereocenters. The maximum atomic E-state index is 10.4. The van der Waals surface area contributed by atoms with Crippen LogP contribution in [0.3, 0.4) is 0 Å². The van der Waals surface area contributed by atoms with Gasteiger partial charge in [-0.1, -0.05) is 6.07 Å². The van der Waals surface area contributed by atoms with Crippen molar-refractivity contribution < 1.29 is 9.84 Å². The fraction of sp³-hybridized carbons (Fsp3) is 0.579. The van der Waals surface area contributed by atoms with E-state index in [1.165, 1.54) is 38.8 Å². The van der Waals surface area contributed by atoms with E-state index in [0.29, 0.717) is 12.6 Å². The van der Waals surface area contributed by atoms with Crippen LogP contribution < -0.4 is 4.74 Å². The van der Waals surface area contributed by atoms with Crippen molar-refractivity contribution in [1.29, 1.82) is 0 Å². The quantitative estimate of drug-likeness (QED) is 0.891. The van der Waals surface area contributed by atoms with Gasteiger partial charge in [0.15, 0.2) is 0 Å². The lowest BCUT2D eigenvalue weighted by Gasteiger charge is -2.33. The molecule has 124 valence electrons. The van der Waals surface area contributed by atoms with Crippen LogP contribution in [0.15, 0.2) is 30.5 Å². The Morgan fingerprint density at radius 3 is 2.91 bits per heavy atom. The molecule has 4 heterocycles. The van der Waals surface area contributed by atoms with E-state index in [2.05, 4.69) is 9.88 Å². The number of piperidine rings is 1. The SMILES string of the molecule is O[C@H](COc1cccc2[nH]ccc12)CC1CCC2CCN1CC2. The van der Waals surface area contributed by atoms with Crippen molar-refractivity contribution in [1.82, 2.24) is 9.88 Å². The maximum absolute atomic E-state index is 10.4. The summed E-state index contributed by atoms with van der Waals surface area (Å²) in [6, 6.07) is 8.54. The molecule has 3 aliphatic rings. The number of benzene rings is 1. The van der Waals surface area contributed by atoms with Crippen molar-refractivity contribution in [3.8, 4) is 5.75 Å². The summed E-state index contributed by atoms with van der Waals surface area (Å²) >= 11 is 0. The predicted octanol–water partition coefficient (Wildman–Crippen LogP) is 3.17. The lowest BCUT2D eigenvalue weighted by Crippen LogP contribution is -2.40. The summed E-state index contributed by atoms with van der Waals surface area (Å²) in [5.74, 6) is 1.78. The first-order valence-corrected chi connectivity index (χ1v) is 8.90. The molecule has 3 aliphatic heterocycles. The average molecular weight is 314 g/mol. The number of fused-ring (bicyclic) bond motifs is 5. The fourth-order valence-electron chi connectivity index (χ4n) is 4.23.